The van der Waals surface area contributed by atoms with Crippen LogP contribution in [0.15, 0.2) is 0 Å². The van der Waals surface area contributed by atoms with Crippen LogP contribution in [0.5, 0.6) is 0 Å². The number of aliphatic carboxylic acids is 1. The zero-order valence-corrected chi connectivity index (χ0v) is 7.52. The summed E-state index contributed by atoms with van der Waals surface area (Å²) >= 11 is 1.39. The highest BCUT2D eigenvalue weighted by atomic mass is 32.1. The van der Waals surface area contributed by atoms with Gasteiger partial charge in [-0.05, 0) is 6.92 Å². The maximum absolute atomic E-state index is 10.2. The first-order chi connectivity index (χ1) is 5.59. The van der Waals surface area contributed by atoms with Crippen LogP contribution in [0.3, 0.4) is 0 Å². The molecular formula is C7H10N2O2S. The number of nitrogens with zero attached hydrogens (tertiary/aromatic N) is 1. The maximum atomic E-state index is 10.2. The third kappa shape index (κ3) is 2.20. The molecule has 4 nitrogen and oxygen atoms in total. The van der Waals surface area contributed by atoms with Gasteiger partial charge in [0.05, 0.1) is 12.1 Å². The Balaban J connectivity index is 2.62. The van der Waals surface area contributed by atoms with Crippen LogP contribution in [0, 0.1) is 6.92 Å². The summed E-state index contributed by atoms with van der Waals surface area (Å²) in [6, 6.07) is 0. The van der Waals surface area contributed by atoms with E-state index in [-0.39, 0.29) is 6.42 Å². The van der Waals surface area contributed by atoms with Crippen molar-refractivity contribution in [1.29, 1.82) is 0 Å². The number of aryl methyl sites for hydroxylation is 2. The monoisotopic (exact) mass is 186 g/mol. The minimum atomic E-state index is -0.805. The molecule has 66 valence electrons. The second-order valence-electron chi connectivity index (χ2n) is 2.45. The molecule has 0 aliphatic heterocycles. The number of rotatable bonds is 3. The van der Waals surface area contributed by atoms with Crippen molar-refractivity contribution in [2.45, 2.75) is 19.8 Å². The van der Waals surface area contributed by atoms with Gasteiger partial charge in [-0.2, -0.15) is 0 Å². The first-order valence-corrected chi connectivity index (χ1v) is 4.35. The van der Waals surface area contributed by atoms with Crippen molar-refractivity contribution in [3.63, 3.8) is 0 Å². The minimum absolute atomic E-state index is 0.115. The summed E-state index contributed by atoms with van der Waals surface area (Å²) in [7, 11) is 0. The van der Waals surface area contributed by atoms with E-state index in [9.17, 15) is 4.79 Å². The third-order valence-corrected chi connectivity index (χ3v) is 2.33. The number of hydrogen-bond donors (Lipinski definition) is 2. The number of thiazole rings is 1. The quantitative estimate of drug-likeness (QED) is 0.739. The Labute approximate surface area is 74.0 Å². The van der Waals surface area contributed by atoms with E-state index in [1.807, 2.05) is 6.92 Å². The average molecular weight is 186 g/mol. The Kier molecular flexibility index (Phi) is 2.65. The molecule has 0 bridgehead atoms. The smallest absolute Gasteiger partial charge is 0.303 e. The van der Waals surface area contributed by atoms with Crippen molar-refractivity contribution < 1.29 is 9.90 Å². The molecule has 0 atom stereocenters. The zero-order valence-electron chi connectivity index (χ0n) is 6.70. The first-order valence-electron chi connectivity index (χ1n) is 3.53. The number of hydrogen-bond acceptors (Lipinski definition) is 4. The summed E-state index contributed by atoms with van der Waals surface area (Å²) in [6.45, 7) is 1.89. The number of aromatic nitrogens is 1. The summed E-state index contributed by atoms with van der Waals surface area (Å²) in [4.78, 5) is 15.3. The summed E-state index contributed by atoms with van der Waals surface area (Å²) in [6.07, 6.45) is 0.582. The lowest BCUT2D eigenvalue weighted by molar-refractivity contribution is -0.136. The Morgan fingerprint density at radius 1 is 1.75 bits per heavy atom. The SMILES string of the molecule is Cc1sc(N)nc1CCC(=O)O. The van der Waals surface area contributed by atoms with Crippen LogP contribution in [0.25, 0.3) is 0 Å². The molecule has 0 unspecified atom stereocenters. The molecule has 0 spiro atoms. The highest BCUT2D eigenvalue weighted by Crippen LogP contribution is 2.19. The van der Waals surface area contributed by atoms with Crippen molar-refractivity contribution in [3.8, 4) is 0 Å². The minimum Gasteiger partial charge on any atom is -0.481 e. The fraction of sp³-hybridized carbons (Fsp3) is 0.429. The van der Waals surface area contributed by atoms with E-state index in [0.29, 0.717) is 11.6 Å². The molecular weight excluding hydrogens is 176 g/mol. The van der Waals surface area contributed by atoms with Crippen LogP contribution in [-0.2, 0) is 11.2 Å². The average Bonchev–Trinajstić information content (AvgIpc) is 2.26. The first kappa shape index (κ1) is 8.99. The molecule has 0 aliphatic carbocycles. The van der Waals surface area contributed by atoms with Gasteiger partial charge < -0.3 is 10.8 Å². The van der Waals surface area contributed by atoms with Crippen molar-refractivity contribution in [2.75, 3.05) is 5.73 Å². The highest BCUT2D eigenvalue weighted by molar-refractivity contribution is 7.15. The molecule has 3 N–H and O–H groups in total. The zero-order chi connectivity index (χ0) is 9.14. The highest BCUT2D eigenvalue weighted by Gasteiger charge is 2.06. The molecule has 12 heavy (non-hydrogen) atoms. The van der Waals surface area contributed by atoms with Gasteiger partial charge in [0, 0.05) is 11.3 Å². The number of nitrogens with two attached hydrogens (primary N) is 1. The van der Waals surface area contributed by atoms with Crippen molar-refractivity contribution in [2.24, 2.45) is 0 Å². The number of carboxylic acid groups (broad SMARTS) is 1. The van der Waals surface area contributed by atoms with Crippen LogP contribution in [-0.4, -0.2) is 16.1 Å². The van der Waals surface area contributed by atoms with Crippen LogP contribution < -0.4 is 5.73 Å². The Bertz CT molecular complexity index is 296. The van der Waals surface area contributed by atoms with Crippen LogP contribution >= 0.6 is 11.3 Å². The lowest BCUT2D eigenvalue weighted by atomic mass is 10.2. The van der Waals surface area contributed by atoms with Crippen LogP contribution in [0.2, 0.25) is 0 Å². The van der Waals surface area contributed by atoms with E-state index < -0.39 is 5.97 Å². The van der Waals surface area contributed by atoms with Gasteiger partial charge >= 0.3 is 5.97 Å². The number of carbonyl (C=O) groups is 1. The lowest BCUT2D eigenvalue weighted by Gasteiger charge is -1.92. The molecule has 1 aromatic rings. The van der Waals surface area contributed by atoms with E-state index in [4.69, 9.17) is 10.8 Å². The molecule has 0 saturated carbocycles. The van der Waals surface area contributed by atoms with Gasteiger partial charge in [-0.25, -0.2) is 4.98 Å². The molecule has 0 fully saturated rings. The largest absolute Gasteiger partial charge is 0.481 e. The molecule has 1 aromatic heterocycles. The van der Waals surface area contributed by atoms with Crippen molar-refractivity contribution in [1.82, 2.24) is 4.98 Å². The number of carboxylic acids is 1. The third-order valence-electron chi connectivity index (χ3n) is 1.48. The normalized spacial score (nSPS) is 10.1. The Hall–Kier alpha value is -1.10. The van der Waals surface area contributed by atoms with Gasteiger partial charge in [0.25, 0.3) is 0 Å². The lowest BCUT2D eigenvalue weighted by Crippen LogP contribution is -1.98. The van der Waals surface area contributed by atoms with Crippen molar-refractivity contribution in [3.05, 3.63) is 10.6 Å². The summed E-state index contributed by atoms with van der Waals surface area (Å²) < 4.78 is 0. The maximum Gasteiger partial charge on any atom is 0.303 e. The predicted molar refractivity (Wildman–Crippen MR) is 47.2 cm³/mol. The molecule has 1 rings (SSSR count). The van der Waals surface area contributed by atoms with E-state index in [1.165, 1.54) is 11.3 Å². The van der Waals surface area contributed by atoms with E-state index in [0.717, 1.165) is 10.6 Å². The summed E-state index contributed by atoms with van der Waals surface area (Å²) in [5, 5.41) is 8.92. The van der Waals surface area contributed by atoms with E-state index in [2.05, 4.69) is 4.98 Å². The van der Waals surface area contributed by atoms with Gasteiger partial charge in [0.2, 0.25) is 0 Å². The molecule has 0 amide bonds. The fourth-order valence-corrected chi connectivity index (χ4v) is 1.64. The molecule has 0 radical (unpaired) electrons. The summed E-state index contributed by atoms with van der Waals surface area (Å²) in [5.74, 6) is -0.805. The van der Waals surface area contributed by atoms with Gasteiger partial charge in [-0.1, -0.05) is 0 Å². The molecule has 5 heteroatoms. The predicted octanol–water partition coefficient (Wildman–Crippen LogP) is 1.05. The van der Waals surface area contributed by atoms with Gasteiger partial charge in [0.15, 0.2) is 5.13 Å². The molecule has 0 aliphatic rings. The summed E-state index contributed by atoms with van der Waals surface area (Å²) in [5.41, 5.74) is 6.25. The Morgan fingerprint density at radius 2 is 2.42 bits per heavy atom. The van der Waals surface area contributed by atoms with Gasteiger partial charge in [-0.15, -0.1) is 11.3 Å². The van der Waals surface area contributed by atoms with Crippen LogP contribution in [0.1, 0.15) is 17.0 Å². The number of nitrogen functional groups attached to an aromatic ring is 1. The van der Waals surface area contributed by atoms with E-state index in [1.54, 1.807) is 0 Å². The van der Waals surface area contributed by atoms with Crippen molar-refractivity contribution >= 4 is 22.4 Å². The second-order valence-corrected chi connectivity index (χ2v) is 3.68. The Morgan fingerprint density at radius 3 is 2.83 bits per heavy atom. The molecule has 1 heterocycles. The molecule has 0 saturated heterocycles. The standard InChI is InChI=1S/C7H10N2O2S/c1-4-5(2-3-6(10)11)9-7(8)12-4/h2-3H2,1H3,(H2,8,9)(H,10,11). The second kappa shape index (κ2) is 3.53. The molecule has 0 aromatic carbocycles. The van der Waals surface area contributed by atoms with Gasteiger partial charge in [0.1, 0.15) is 0 Å². The van der Waals surface area contributed by atoms with E-state index >= 15 is 0 Å². The topological polar surface area (TPSA) is 76.2 Å². The fourth-order valence-electron chi connectivity index (χ4n) is 0.908. The number of anilines is 1. The van der Waals surface area contributed by atoms with Crippen LogP contribution in [0.4, 0.5) is 5.13 Å². The van der Waals surface area contributed by atoms with Gasteiger partial charge in [-0.3, -0.25) is 4.79 Å².